The Morgan fingerprint density at radius 2 is 1.94 bits per heavy atom. The Hall–Kier alpha value is -1.36. The first-order chi connectivity index (χ1) is 8.70. The highest BCUT2D eigenvalue weighted by atomic mass is 19.3. The Balaban J connectivity index is 2.08. The van der Waals surface area contributed by atoms with E-state index in [0.29, 0.717) is 6.04 Å². The number of hydrogen-bond acceptors (Lipinski definition) is 3. The lowest BCUT2D eigenvalue weighted by Crippen LogP contribution is -2.41. The highest BCUT2D eigenvalue weighted by molar-refractivity contribution is 5.58. The van der Waals surface area contributed by atoms with Crippen LogP contribution in [-0.2, 0) is 0 Å². The fraction of sp³-hybridized carbons (Fsp3) is 0.538. The molecule has 1 aromatic carbocycles. The van der Waals surface area contributed by atoms with E-state index in [1.807, 2.05) is 19.2 Å². The van der Waals surface area contributed by atoms with Gasteiger partial charge in [0.2, 0.25) is 0 Å². The molecule has 100 valence electrons. The lowest BCUT2D eigenvalue weighted by molar-refractivity contribution is -0.0495. The van der Waals surface area contributed by atoms with Gasteiger partial charge in [-0.3, -0.25) is 0 Å². The van der Waals surface area contributed by atoms with E-state index >= 15 is 0 Å². The molecule has 2 rings (SSSR count). The van der Waals surface area contributed by atoms with Crippen molar-refractivity contribution in [1.82, 2.24) is 5.32 Å². The van der Waals surface area contributed by atoms with Crippen LogP contribution < -0.4 is 15.0 Å². The zero-order chi connectivity index (χ0) is 13.0. The number of rotatable bonds is 4. The molecule has 1 aliphatic heterocycles. The van der Waals surface area contributed by atoms with Crippen LogP contribution in [0, 0.1) is 0 Å². The van der Waals surface area contributed by atoms with Gasteiger partial charge in [-0.25, -0.2) is 0 Å². The van der Waals surface area contributed by atoms with Crippen molar-refractivity contribution in [3.8, 4) is 5.75 Å². The molecular formula is C13H18F2N2O. The SMILES string of the molecule is CNC1CCN(c2ccccc2OC(F)F)CC1. The largest absolute Gasteiger partial charge is 0.433 e. The third-order valence-corrected chi connectivity index (χ3v) is 3.33. The van der Waals surface area contributed by atoms with Gasteiger partial charge in [-0.1, -0.05) is 12.1 Å². The van der Waals surface area contributed by atoms with Crippen LogP contribution in [0.25, 0.3) is 0 Å². The number of piperidine rings is 1. The van der Waals surface area contributed by atoms with E-state index in [1.54, 1.807) is 12.1 Å². The van der Waals surface area contributed by atoms with Crippen molar-refractivity contribution in [1.29, 1.82) is 0 Å². The molecule has 18 heavy (non-hydrogen) atoms. The van der Waals surface area contributed by atoms with E-state index in [-0.39, 0.29) is 5.75 Å². The number of anilines is 1. The molecule has 1 heterocycles. The molecule has 1 aliphatic rings. The van der Waals surface area contributed by atoms with Crippen molar-refractivity contribution < 1.29 is 13.5 Å². The van der Waals surface area contributed by atoms with E-state index < -0.39 is 6.61 Å². The molecule has 0 bridgehead atoms. The standard InChI is InChI=1S/C13H18F2N2O/c1-16-10-6-8-17(9-7-10)11-4-2-3-5-12(11)18-13(14)15/h2-5,10,13,16H,6-9H2,1H3. The normalized spacial score (nSPS) is 17.2. The Bertz CT molecular complexity index is 379. The summed E-state index contributed by atoms with van der Waals surface area (Å²) in [7, 11) is 1.95. The zero-order valence-electron chi connectivity index (χ0n) is 10.4. The Morgan fingerprint density at radius 1 is 1.28 bits per heavy atom. The van der Waals surface area contributed by atoms with Crippen LogP contribution in [0.4, 0.5) is 14.5 Å². The molecule has 0 amide bonds. The predicted octanol–water partition coefficient (Wildman–Crippen LogP) is 2.48. The number of para-hydroxylation sites is 2. The summed E-state index contributed by atoms with van der Waals surface area (Å²) in [6.45, 7) is -1.06. The molecule has 0 spiro atoms. The fourth-order valence-corrected chi connectivity index (χ4v) is 2.32. The summed E-state index contributed by atoms with van der Waals surface area (Å²) in [6, 6.07) is 7.49. The maximum Gasteiger partial charge on any atom is 0.387 e. The Labute approximate surface area is 106 Å². The summed E-state index contributed by atoms with van der Waals surface area (Å²) >= 11 is 0. The molecule has 1 N–H and O–H groups in total. The van der Waals surface area contributed by atoms with Gasteiger partial charge in [0.25, 0.3) is 0 Å². The quantitative estimate of drug-likeness (QED) is 0.895. The molecule has 0 saturated carbocycles. The molecule has 3 nitrogen and oxygen atoms in total. The average Bonchev–Trinajstić information content (AvgIpc) is 2.39. The molecule has 0 aromatic heterocycles. The van der Waals surface area contributed by atoms with Gasteiger partial charge in [0.15, 0.2) is 0 Å². The summed E-state index contributed by atoms with van der Waals surface area (Å²) in [5, 5.41) is 3.24. The van der Waals surface area contributed by atoms with Crippen molar-refractivity contribution in [2.75, 3.05) is 25.0 Å². The van der Waals surface area contributed by atoms with Gasteiger partial charge >= 0.3 is 6.61 Å². The van der Waals surface area contributed by atoms with Crippen molar-refractivity contribution in [2.45, 2.75) is 25.5 Å². The van der Waals surface area contributed by atoms with Crippen molar-refractivity contribution in [3.05, 3.63) is 24.3 Å². The zero-order valence-corrected chi connectivity index (χ0v) is 10.4. The first-order valence-corrected chi connectivity index (χ1v) is 6.16. The number of benzene rings is 1. The molecule has 1 aromatic rings. The molecule has 0 unspecified atom stereocenters. The molecule has 1 saturated heterocycles. The van der Waals surface area contributed by atoms with E-state index in [9.17, 15) is 8.78 Å². The van der Waals surface area contributed by atoms with Gasteiger partial charge in [-0.05, 0) is 32.0 Å². The molecule has 0 atom stereocenters. The second-order valence-corrected chi connectivity index (χ2v) is 4.40. The van der Waals surface area contributed by atoms with E-state index in [0.717, 1.165) is 31.6 Å². The van der Waals surface area contributed by atoms with Crippen molar-refractivity contribution >= 4 is 5.69 Å². The molecule has 0 aliphatic carbocycles. The first-order valence-electron chi connectivity index (χ1n) is 6.16. The second-order valence-electron chi connectivity index (χ2n) is 4.40. The Kier molecular flexibility index (Phi) is 4.36. The Morgan fingerprint density at radius 3 is 2.56 bits per heavy atom. The third-order valence-electron chi connectivity index (χ3n) is 3.33. The van der Waals surface area contributed by atoms with E-state index in [2.05, 4.69) is 15.0 Å². The third kappa shape index (κ3) is 3.10. The van der Waals surface area contributed by atoms with E-state index in [1.165, 1.54) is 0 Å². The fourth-order valence-electron chi connectivity index (χ4n) is 2.32. The second kappa shape index (κ2) is 6.00. The summed E-state index contributed by atoms with van der Waals surface area (Å²) < 4.78 is 29.2. The number of alkyl halides is 2. The predicted molar refractivity (Wildman–Crippen MR) is 67.4 cm³/mol. The monoisotopic (exact) mass is 256 g/mol. The number of ether oxygens (including phenoxy) is 1. The summed E-state index contributed by atoms with van der Waals surface area (Å²) in [5.74, 6) is 0.260. The highest BCUT2D eigenvalue weighted by Gasteiger charge is 2.21. The molecule has 0 radical (unpaired) electrons. The summed E-state index contributed by atoms with van der Waals surface area (Å²) in [6.07, 6.45) is 2.03. The van der Waals surface area contributed by atoms with Crippen LogP contribution in [0.2, 0.25) is 0 Å². The molecular weight excluding hydrogens is 238 g/mol. The van der Waals surface area contributed by atoms with Crippen molar-refractivity contribution in [3.63, 3.8) is 0 Å². The minimum atomic E-state index is -2.78. The van der Waals surface area contributed by atoms with Crippen LogP contribution in [0.5, 0.6) is 5.75 Å². The topological polar surface area (TPSA) is 24.5 Å². The van der Waals surface area contributed by atoms with Crippen LogP contribution in [0.3, 0.4) is 0 Å². The number of nitrogens with one attached hydrogen (secondary N) is 1. The van der Waals surface area contributed by atoms with Crippen LogP contribution in [0.15, 0.2) is 24.3 Å². The van der Waals surface area contributed by atoms with Gasteiger partial charge in [-0.2, -0.15) is 8.78 Å². The average molecular weight is 256 g/mol. The number of hydrogen-bond donors (Lipinski definition) is 1. The summed E-state index contributed by atoms with van der Waals surface area (Å²) in [4.78, 5) is 2.10. The number of nitrogens with zero attached hydrogens (tertiary/aromatic N) is 1. The maximum absolute atomic E-state index is 12.3. The van der Waals surface area contributed by atoms with Crippen LogP contribution in [0.1, 0.15) is 12.8 Å². The highest BCUT2D eigenvalue weighted by Crippen LogP contribution is 2.31. The first kappa shape index (κ1) is 13.1. The maximum atomic E-state index is 12.3. The molecule has 1 fully saturated rings. The van der Waals surface area contributed by atoms with Crippen LogP contribution in [-0.4, -0.2) is 32.8 Å². The van der Waals surface area contributed by atoms with E-state index in [4.69, 9.17) is 0 Å². The lowest BCUT2D eigenvalue weighted by Gasteiger charge is -2.34. The van der Waals surface area contributed by atoms with Gasteiger partial charge in [-0.15, -0.1) is 0 Å². The number of halogens is 2. The van der Waals surface area contributed by atoms with Crippen molar-refractivity contribution in [2.24, 2.45) is 0 Å². The van der Waals surface area contributed by atoms with Gasteiger partial charge in [0, 0.05) is 19.1 Å². The smallest absolute Gasteiger partial charge is 0.387 e. The lowest BCUT2D eigenvalue weighted by atomic mass is 10.0. The van der Waals surface area contributed by atoms with Crippen LogP contribution >= 0.6 is 0 Å². The van der Waals surface area contributed by atoms with Gasteiger partial charge < -0.3 is 15.0 Å². The summed E-state index contributed by atoms with van der Waals surface area (Å²) in [5.41, 5.74) is 0.757. The minimum Gasteiger partial charge on any atom is -0.433 e. The molecule has 5 heteroatoms. The minimum absolute atomic E-state index is 0.260. The van der Waals surface area contributed by atoms with Gasteiger partial charge in [0.05, 0.1) is 5.69 Å². The van der Waals surface area contributed by atoms with Gasteiger partial charge in [0.1, 0.15) is 5.75 Å².